The maximum absolute atomic E-state index is 6.22. The van der Waals surface area contributed by atoms with Gasteiger partial charge >= 0.3 is 0 Å². The molecule has 2 aliphatic carbocycles. The van der Waals surface area contributed by atoms with E-state index in [1.165, 1.54) is 44.1 Å². The van der Waals surface area contributed by atoms with Crippen LogP contribution in [-0.2, 0) is 6.54 Å². The molecule has 1 aromatic carbocycles. The van der Waals surface area contributed by atoms with Gasteiger partial charge in [-0.15, -0.1) is 0 Å². The lowest BCUT2D eigenvalue weighted by molar-refractivity contribution is 0.198. The van der Waals surface area contributed by atoms with Gasteiger partial charge in [-0.05, 0) is 44.6 Å². The van der Waals surface area contributed by atoms with Crippen LogP contribution in [-0.4, -0.2) is 19.3 Å². The monoisotopic (exact) mass is 261 g/mol. The quantitative estimate of drug-likeness (QED) is 0.852. The van der Waals surface area contributed by atoms with Gasteiger partial charge in [-0.3, -0.25) is 0 Å². The average Bonchev–Trinajstić information content (AvgIpc) is 3.13. The summed E-state index contributed by atoms with van der Waals surface area (Å²) in [5.74, 6) is 1.81. The Balaban J connectivity index is 1.75. The predicted molar refractivity (Wildman–Crippen MR) is 75.7 cm³/mol. The Bertz CT molecular complexity index is 423. The lowest BCUT2D eigenvalue weighted by Crippen LogP contribution is -2.18. The largest absolute Gasteiger partial charge is 0.493 e. The summed E-state index contributed by atoms with van der Waals surface area (Å²) in [7, 11) is 1.72. The maximum atomic E-state index is 6.22. The fraction of sp³-hybridized carbons (Fsp3) is 0.625. The second kappa shape index (κ2) is 5.83. The highest BCUT2D eigenvalue weighted by atomic mass is 16.5. The van der Waals surface area contributed by atoms with Gasteiger partial charge < -0.3 is 14.8 Å². The molecule has 0 spiro atoms. The average molecular weight is 261 g/mol. The van der Waals surface area contributed by atoms with Crippen molar-refractivity contribution in [3.05, 3.63) is 23.8 Å². The molecule has 104 valence electrons. The Kier molecular flexibility index (Phi) is 3.92. The molecule has 3 rings (SSSR count). The van der Waals surface area contributed by atoms with E-state index in [4.69, 9.17) is 9.47 Å². The standard InChI is InChI=1S/C16H23NO2/c1-18-15-8-4-5-12(11-17-13-9-10-13)16(15)19-14-6-2-3-7-14/h4-5,8,13-14,17H,2-3,6-7,9-11H2,1H3. The van der Waals surface area contributed by atoms with Crippen LogP contribution in [0.1, 0.15) is 44.1 Å². The van der Waals surface area contributed by atoms with Crippen LogP contribution in [0.3, 0.4) is 0 Å². The molecular formula is C16H23NO2. The van der Waals surface area contributed by atoms with E-state index >= 15 is 0 Å². The van der Waals surface area contributed by atoms with E-state index in [9.17, 15) is 0 Å². The molecule has 1 N–H and O–H groups in total. The minimum Gasteiger partial charge on any atom is -0.493 e. The van der Waals surface area contributed by atoms with Crippen molar-refractivity contribution >= 4 is 0 Å². The van der Waals surface area contributed by atoms with Crippen LogP contribution in [0.4, 0.5) is 0 Å². The minimum absolute atomic E-state index is 0.371. The summed E-state index contributed by atoms with van der Waals surface area (Å²) in [4.78, 5) is 0. The minimum atomic E-state index is 0.371. The van der Waals surface area contributed by atoms with E-state index in [2.05, 4.69) is 11.4 Å². The maximum Gasteiger partial charge on any atom is 0.166 e. The molecule has 0 unspecified atom stereocenters. The second-order valence-corrected chi connectivity index (χ2v) is 5.63. The number of hydrogen-bond acceptors (Lipinski definition) is 3. The summed E-state index contributed by atoms with van der Waals surface area (Å²) in [5.41, 5.74) is 1.22. The highest BCUT2D eigenvalue weighted by Gasteiger charge is 2.23. The molecule has 2 fully saturated rings. The van der Waals surface area contributed by atoms with Crippen molar-refractivity contribution in [1.29, 1.82) is 0 Å². The predicted octanol–water partition coefficient (Wildman–Crippen LogP) is 3.27. The van der Waals surface area contributed by atoms with Gasteiger partial charge in [-0.2, -0.15) is 0 Å². The molecule has 1 aromatic rings. The lowest BCUT2D eigenvalue weighted by atomic mass is 10.1. The molecule has 0 heterocycles. The van der Waals surface area contributed by atoms with E-state index in [-0.39, 0.29) is 0 Å². The Morgan fingerprint density at radius 1 is 1.16 bits per heavy atom. The van der Waals surface area contributed by atoms with Crippen LogP contribution >= 0.6 is 0 Å². The highest BCUT2D eigenvalue weighted by Crippen LogP contribution is 2.35. The van der Waals surface area contributed by atoms with E-state index in [0.717, 1.165) is 18.0 Å². The molecule has 3 nitrogen and oxygen atoms in total. The topological polar surface area (TPSA) is 30.5 Å². The summed E-state index contributed by atoms with van der Waals surface area (Å²) in [6, 6.07) is 6.89. The van der Waals surface area contributed by atoms with Gasteiger partial charge in [0.1, 0.15) is 0 Å². The van der Waals surface area contributed by atoms with Gasteiger partial charge in [0.2, 0.25) is 0 Å². The van der Waals surface area contributed by atoms with Crippen molar-refractivity contribution in [2.24, 2.45) is 0 Å². The molecular weight excluding hydrogens is 238 g/mol. The molecule has 2 aliphatic rings. The van der Waals surface area contributed by atoms with Crippen molar-refractivity contribution < 1.29 is 9.47 Å². The molecule has 0 radical (unpaired) electrons. The molecule has 0 atom stereocenters. The Labute approximate surface area is 115 Å². The number of methoxy groups -OCH3 is 1. The Morgan fingerprint density at radius 3 is 2.63 bits per heavy atom. The van der Waals surface area contributed by atoms with Gasteiger partial charge in [-0.25, -0.2) is 0 Å². The molecule has 0 saturated heterocycles. The molecule has 3 heteroatoms. The van der Waals surface area contributed by atoms with Gasteiger partial charge in [0.05, 0.1) is 13.2 Å². The van der Waals surface area contributed by atoms with Crippen molar-refractivity contribution in [3.63, 3.8) is 0 Å². The Hall–Kier alpha value is -1.22. The summed E-state index contributed by atoms with van der Waals surface area (Å²) < 4.78 is 11.7. The van der Waals surface area contributed by atoms with Gasteiger partial charge in [-0.1, -0.05) is 12.1 Å². The third kappa shape index (κ3) is 3.21. The zero-order chi connectivity index (χ0) is 13.1. The molecule has 19 heavy (non-hydrogen) atoms. The van der Waals surface area contributed by atoms with Crippen LogP contribution < -0.4 is 14.8 Å². The van der Waals surface area contributed by atoms with Crippen LogP contribution in [0, 0.1) is 0 Å². The first-order valence-electron chi connectivity index (χ1n) is 7.42. The first kappa shape index (κ1) is 12.8. The van der Waals surface area contributed by atoms with Gasteiger partial charge in [0, 0.05) is 18.2 Å². The number of hydrogen-bond donors (Lipinski definition) is 1. The third-order valence-corrected chi connectivity index (χ3v) is 4.03. The summed E-state index contributed by atoms with van der Waals surface area (Å²) in [6.45, 7) is 0.879. The lowest BCUT2D eigenvalue weighted by Gasteiger charge is -2.19. The zero-order valence-corrected chi connectivity index (χ0v) is 11.7. The molecule has 0 bridgehead atoms. The first-order valence-corrected chi connectivity index (χ1v) is 7.42. The van der Waals surface area contributed by atoms with Crippen LogP contribution in [0.15, 0.2) is 18.2 Å². The highest BCUT2D eigenvalue weighted by molar-refractivity contribution is 5.46. The van der Waals surface area contributed by atoms with E-state index in [1.807, 2.05) is 12.1 Å². The van der Waals surface area contributed by atoms with Crippen molar-refractivity contribution in [2.45, 2.75) is 57.2 Å². The molecule has 0 aliphatic heterocycles. The van der Waals surface area contributed by atoms with E-state index < -0.39 is 0 Å². The normalized spacial score (nSPS) is 19.6. The first-order chi connectivity index (χ1) is 9.36. The van der Waals surface area contributed by atoms with Crippen LogP contribution in [0.2, 0.25) is 0 Å². The summed E-state index contributed by atoms with van der Waals surface area (Å²) in [5, 5.41) is 3.55. The fourth-order valence-electron chi connectivity index (χ4n) is 2.71. The van der Waals surface area contributed by atoms with Crippen LogP contribution in [0.25, 0.3) is 0 Å². The molecule has 2 saturated carbocycles. The number of benzene rings is 1. The molecule has 0 aromatic heterocycles. The smallest absolute Gasteiger partial charge is 0.166 e. The molecule has 0 amide bonds. The second-order valence-electron chi connectivity index (χ2n) is 5.63. The van der Waals surface area contributed by atoms with Gasteiger partial charge in [0.15, 0.2) is 11.5 Å². The van der Waals surface area contributed by atoms with E-state index in [1.54, 1.807) is 7.11 Å². The Morgan fingerprint density at radius 2 is 1.95 bits per heavy atom. The zero-order valence-electron chi connectivity index (χ0n) is 11.7. The van der Waals surface area contributed by atoms with E-state index in [0.29, 0.717) is 12.1 Å². The summed E-state index contributed by atoms with van der Waals surface area (Å²) >= 11 is 0. The summed E-state index contributed by atoms with van der Waals surface area (Å²) in [6.07, 6.45) is 7.91. The number of nitrogens with one attached hydrogen (secondary N) is 1. The third-order valence-electron chi connectivity index (χ3n) is 4.03. The SMILES string of the molecule is COc1cccc(CNC2CC2)c1OC1CCCC1. The van der Waals surface area contributed by atoms with Crippen molar-refractivity contribution in [1.82, 2.24) is 5.32 Å². The van der Waals surface area contributed by atoms with Crippen molar-refractivity contribution in [3.8, 4) is 11.5 Å². The fourth-order valence-corrected chi connectivity index (χ4v) is 2.71. The van der Waals surface area contributed by atoms with Crippen LogP contribution in [0.5, 0.6) is 11.5 Å². The van der Waals surface area contributed by atoms with Crippen molar-refractivity contribution in [2.75, 3.05) is 7.11 Å². The number of para-hydroxylation sites is 1. The number of ether oxygens (including phenoxy) is 2. The number of rotatable bonds is 6. The van der Waals surface area contributed by atoms with Gasteiger partial charge in [0.25, 0.3) is 0 Å².